The molecule has 0 aliphatic rings. The monoisotopic (exact) mass is 227 g/mol. The van der Waals surface area contributed by atoms with Crippen LogP contribution in [-0.4, -0.2) is 17.9 Å². The number of Topliss-reactive ketones (excluding diaryl/α,β-unsaturated/α-hetero) is 1. The minimum atomic E-state index is -0.974. The zero-order chi connectivity index (χ0) is 12.3. The van der Waals surface area contributed by atoms with E-state index in [0.717, 1.165) is 12.1 Å². The summed E-state index contributed by atoms with van der Waals surface area (Å²) in [4.78, 5) is 12.0. The molecule has 1 aromatic carbocycles. The lowest BCUT2D eigenvalue weighted by Crippen LogP contribution is -2.47. The van der Waals surface area contributed by atoms with Crippen molar-refractivity contribution < 1.29 is 13.6 Å². The van der Waals surface area contributed by atoms with Gasteiger partial charge >= 0.3 is 0 Å². The standard InChI is InChI=1S/C12H15F2NO/c1-4-15-12(2,3)11(16)10-8(13)6-5-7-9(10)14/h5-7,15H,4H2,1-3H3. The summed E-state index contributed by atoms with van der Waals surface area (Å²) in [6.07, 6.45) is 0. The van der Waals surface area contributed by atoms with Gasteiger partial charge in [-0.25, -0.2) is 8.78 Å². The molecule has 0 fully saturated rings. The van der Waals surface area contributed by atoms with Gasteiger partial charge in [-0.1, -0.05) is 13.0 Å². The molecule has 0 bridgehead atoms. The Labute approximate surface area is 93.7 Å². The number of hydrogen-bond acceptors (Lipinski definition) is 2. The topological polar surface area (TPSA) is 29.1 Å². The van der Waals surface area contributed by atoms with Crippen molar-refractivity contribution in [2.45, 2.75) is 26.3 Å². The molecule has 1 aromatic rings. The second-order valence-electron chi connectivity index (χ2n) is 4.08. The van der Waals surface area contributed by atoms with E-state index < -0.39 is 28.5 Å². The van der Waals surface area contributed by atoms with Crippen LogP contribution in [0.3, 0.4) is 0 Å². The number of likely N-dealkylation sites (N-methyl/N-ethyl adjacent to an activating group) is 1. The molecule has 0 heterocycles. The van der Waals surface area contributed by atoms with Gasteiger partial charge in [0.25, 0.3) is 0 Å². The molecule has 0 atom stereocenters. The Morgan fingerprint density at radius 1 is 1.31 bits per heavy atom. The lowest BCUT2D eigenvalue weighted by Gasteiger charge is -2.24. The van der Waals surface area contributed by atoms with Gasteiger partial charge in [0, 0.05) is 0 Å². The van der Waals surface area contributed by atoms with Crippen LogP contribution in [0.15, 0.2) is 18.2 Å². The molecule has 0 aromatic heterocycles. The summed E-state index contributed by atoms with van der Waals surface area (Å²) in [5.74, 6) is -2.23. The minimum Gasteiger partial charge on any atom is -0.305 e. The number of benzene rings is 1. The van der Waals surface area contributed by atoms with Crippen LogP contribution in [0, 0.1) is 11.6 Å². The number of carbonyl (C=O) groups excluding carboxylic acids is 1. The summed E-state index contributed by atoms with van der Waals surface area (Å²) in [5, 5.41) is 2.89. The Kier molecular flexibility index (Phi) is 3.75. The lowest BCUT2D eigenvalue weighted by molar-refractivity contribution is 0.0875. The first-order valence-electron chi connectivity index (χ1n) is 5.14. The highest BCUT2D eigenvalue weighted by atomic mass is 19.1. The van der Waals surface area contributed by atoms with Gasteiger partial charge in [-0.05, 0) is 32.5 Å². The van der Waals surface area contributed by atoms with Crippen LogP contribution in [0.5, 0.6) is 0 Å². The van der Waals surface area contributed by atoms with Gasteiger partial charge in [0.1, 0.15) is 11.6 Å². The first kappa shape index (κ1) is 12.8. The maximum Gasteiger partial charge on any atom is 0.188 e. The van der Waals surface area contributed by atoms with Crippen molar-refractivity contribution in [3.63, 3.8) is 0 Å². The summed E-state index contributed by atoms with van der Waals surface area (Å²) in [7, 11) is 0. The highest BCUT2D eigenvalue weighted by molar-refractivity contribution is 6.03. The van der Waals surface area contributed by atoms with E-state index in [2.05, 4.69) is 5.32 Å². The van der Waals surface area contributed by atoms with Crippen LogP contribution in [0.1, 0.15) is 31.1 Å². The normalized spacial score (nSPS) is 11.6. The average molecular weight is 227 g/mol. The second kappa shape index (κ2) is 4.70. The number of ketones is 1. The summed E-state index contributed by atoms with van der Waals surface area (Å²) in [6, 6.07) is 3.40. The molecule has 16 heavy (non-hydrogen) atoms. The molecule has 0 spiro atoms. The molecular formula is C12H15F2NO. The molecule has 0 amide bonds. The highest BCUT2D eigenvalue weighted by Gasteiger charge is 2.31. The molecule has 0 aliphatic carbocycles. The van der Waals surface area contributed by atoms with Gasteiger partial charge in [0.15, 0.2) is 5.78 Å². The molecule has 0 unspecified atom stereocenters. The largest absolute Gasteiger partial charge is 0.305 e. The second-order valence-corrected chi connectivity index (χ2v) is 4.08. The molecule has 1 rings (SSSR count). The van der Waals surface area contributed by atoms with Crippen molar-refractivity contribution in [2.24, 2.45) is 0 Å². The zero-order valence-electron chi connectivity index (χ0n) is 9.60. The van der Waals surface area contributed by atoms with Crippen molar-refractivity contribution in [2.75, 3.05) is 6.54 Å². The number of carbonyl (C=O) groups is 1. The Morgan fingerprint density at radius 2 is 1.81 bits per heavy atom. The van der Waals surface area contributed by atoms with Gasteiger partial charge in [-0.3, -0.25) is 4.79 Å². The lowest BCUT2D eigenvalue weighted by atomic mass is 9.92. The maximum absolute atomic E-state index is 13.4. The first-order valence-corrected chi connectivity index (χ1v) is 5.14. The third kappa shape index (κ3) is 2.44. The van der Waals surface area contributed by atoms with E-state index in [9.17, 15) is 13.6 Å². The first-order chi connectivity index (χ1) is 7.40. The maximum atomic E-state index is 13.4. The van der Waals surface area contributed by atoms with Gasteiger partial charge in [0.05, 0.1) is 11.1 Å². The van der Waals surface area contributed by atoms with E-state index in [1.165, 1.54) is 6.07 Å². The Bertz CT molecular complexity index is 382. The average Bonchev–Trinajstić information content (AvgIpc) is 2.17. The number of hydrogen-bond donors (Lipinski definition) is 1. The SMILES string of the molecule is CCNC(C)(C)C(=O)c1c(F)cccc1F. The molecular weight excluding hydrogens is 212 g/mol. The van der Waals surface area contributed by atoms with Crippen LogP contribution < -0.4 is 5.32 Å². The number of nitrogens with one attached hydrogen (secondary N) is 1. The fraction of sp³-hybridized carbons (Fsp3) is 0.417. The predicted molar refractivity (Wildman–Crippen MR) is 58.4 cm³/mol. The quantitative estimate of drug-likeness (QED) is 0.801. The van der Waals surface area contributed by atoms with E-state index in [-0.39, 0.29) is 0 Å². The van der Waals surface area contributed by atoms with Crippen molar-refractivity contribution in [1.82, 2.24) is 5.32 Å². The molecule has 2 nitrogen and oxygen atoms in total. The van der Waals surface area contributed by atoms with Crippen LogP contribution in [0.25, 0.3) is 0 Å². The third-order valence-electron chi connectivity index (χ3n) is 2.38. The smallest absolute Gasteiger partial charge is 0.188 e. The predicted octanol–water partition coefficient (Wildman–Crippen LogP) is 2.54. The van der Waals surface area contributed by atoms with Crippen LogP contribution in [-0.2, 0) is 0 Å². The van der Waals surface area contributed by atoms with Gasteiger partial charge < -0.3 is 5.32 Å². The van der Waals surface area contributed by atoms with Crippen LogP contribution >= 0.6 is 0 Å². The van der Waals surface area contributed by atoms with Crippen LogP contribution in [0.4, 0.5) is 8.78 Å². The summed E-state index contributed by atoms with van der Waals surface area (Å²) < 4.78 is 26.8. The molecule has 1 N–H and O–H groups in total. The molecule has 4 heteroatoms. The van der Waals surface area contributed by atoms with E-state index >= 15 is 0 Å². The van der Waals surface area contributed by atoms with Gasteiger partial charge in [-0.15, -0.1) is 0 Å². The van der Waals surface area contributed by atoms with E-state index in [0.29, 0.717) is 6.54 Å². The van der Waals surface area contributed by atoms with Gasteiger partial charge in [-0.2, -0.15) is 0 Å². The Balaban J connectivity index is 3.14. The van der Waals surface area contributed by atoms with Crippen molar-refractivity contribution >= 4 is 5.78 Å². The fourth-order valence-electron chi connectivity index (χ4n) is 1.55. The van der Waals surface area contributed by atoms with Crippen LogP contribution in [0.2, 0.25) is 0 Å². The van der Waals surface area contributed by atoms with Gasteiger partial charge in [0.2, 0.25) is 0 Å². The molecule has 0 saturated carbocycles. The highest BCUT2D eigenvalue weighted by Crippen LogP contribution is 2.19. The molecule has 0 aliphatic heterocycles. The molecule has 88 valence electrons. The van der Waals surface area contributed by atoms with E-state index in [4.69, 9.17) is 0 Å². The summed E-state index contributed by atoms with van der Waals surface area (Å²) in [6.45, 7) is 5.58. The fourth-order valence-corrected chi connectivity index (χ4v) is 1.55. The number of rotatable bonds is 4. The summed E-state index contributed by atoms with van der Waals surface area (Å²) >= 11 is 0. The minimum absolute atomic E-state index is 0.478. The third-order valence-corrected chi connectivity index (χ3v) is 2.38. The van der Waals surface area contributed by atoms with Crippen molar-refractivity contribution in [1.29, 1.82) is 0 Å². The Hall–Kier alpha value is -1.29. The van der Waals surface area contributed by atoms with E-state index in [1.54, 1.807) is 13.8 Å². The molecule has 0 radical (unpaired) electrons. The zero-order valence-corrected chi connectivity index (χ0v) is 9.60. The van der Waals surface area contributed by atoms with E-state index in [1.807, 2.05) is 6.92 Å². The molecule has 0 saturated heterocycles. The summed E-state index contributed by atoms with van der Waals surface area (Å²) in [5.41, 5.74) is -1.45. The Morgan fingerprint density at radius 3 is 2.25 bits per heavy atom. The van der Waals surface area contributed by atoms with Crippen molar-refractivity contribution in [3.05, 3.63) is 35.4 Å². The van der Waals surface area contributed by atoms with Crippen molar-refractivity contribution in [3.8, 4) is 0 Å². The number of halogens is 2.